The largest absolute Gasteiger partial charge is 0.379 e. The molecule has 13 heavy (non-hydrogen) atoms. The predicted molar refractivity (Wildman–Crippen MR) is 53.9 cm³/mol. The van der Waals surface area contributed by atoms with E-state index in [9.17, 15) is 4.79 Å². The van der Waals surface area contributed by atoms with Crippen molar-refractivity contribution in [2.24, 2.45) is 0 Å². The Morgan fingerprint density at radius 1 is 1.31 bits per heavy atom. The van der Waals surface area contributed by atoms with Crippen LogP contribution in [0.1, 0.15) is 27.2 Å². The zero-order chi connectivity index (χ0) is 10.1. The minimum Gasteiger partial charge on any atom is -0.379 e. The fraction of sp³-hybridized carbons (Fsp3) is 0.900. The van der Waals surface area contributed by atoms with E-state index >= 15 is 0 Å². The molecule has 0 N–H and O–H groups in total. The third-order valence-electron chi connectivity index (χ3n) is 1.64. The number of morpholine rings is 1. The van der Waals surface area contributed by atoms with Gasteiger partial charge in [0, 0.05) is 13.1 Å². The highest BCUT2D eigenvalue weighted by Crippen LogP contribution is 1.96. The lowest BCUT2D eigenvalue weighted by Gasteiger charge is -2.25. The Morgan fingerprint density at radius 3 is 2.15 bits per heavy atom. The first-order chi connectivity index (χ1) is 6.16. The van der Waals surface area contributed by atoms with E-state index in [1.807, 2.05) is 0 Å². The van der Waals surface area contributed by atoms with Crippen LogP contribution in [-0.2, 0) is 9.53 Å². The molecule has 3 nitrogen and oxygen atoms in total. The van der Waals surface area contributed by atoms with E-state index in [0.29, 0.717) is 0 Å². The Morgan fingerprint density at radius 2 is 1.77 bits per heavy atom. The average Bonchev–Trinajstić information content (AvgIpc) is 2.06. The number of ether oxygens (including phenoxy) is 1. The monoisotopic (exact) mass is 187 g/mol. The summed E-state index contributed by atoms with van der Waals surface area (Å²) in [5.74, 6) is 0.167. The molecular formula is C10H21NO2. The van der Waals surface area contributed by atoms with Crippen LogP contribution in [0.5, 0.6) is 0 Å². The Balaban J connectivity index is 0.000000310. The van der Waals surface area contributed by atoms with Gasteiger partial charge in [0.05, 0.1) is 13.2 Å². The van der Waals surface area contributed by atoms with Crippen LogP contribution in [0.25, 0.3) is 0 Å². The van der Waals surface area contributed by atoms with Gasteiger partial charge in [0.25, 0.3) is 0 Å². The molecule has 1 rings (SSSR count). The molecule has 1 aliphatic heterocycles. The van der Waals surface area contributed by atoms with Gasteiger partial charge in [-0.15, -0.1) is 0 Å². The molecule has 0 aromatic heterocycles. The SMILES string of the molecule is CC(C)=O.CCCN1CCOCC1. The van der Waals surface area contributed by atoms with Crippen molar-refractivity contribution in [3.8, 4) is 0 Å². The second kappa shape index (κ2) is 8.20. The summed E-state index contributed by atoms with van der Waals surface area (Å²) in [4.78, 5) is 11.9. The fourth-order valence-electron chi connectivity index (χ4n) is 1.14. The van der Waals surface area contributed by atoms with E-state index in [2.05, 4.69) is 11.8 Å². The molecular weight excluding hydrogens is 166 g/mol. The number of ketones is 1. The molecule has 0 amide bonds. The predicted octanol–water partition coefficient (Wildman–Crippen LogP) is 1.32. The van der Waals surface area contributed by atoms with Crippen LogP contribution in [0.4, 0.5) is 0 Å². The summed E-state index contributed by atoms with van der Waals surface area (Å²) in [6.07, 6.45) is 1.26. The highest BCUT2D eigenvalue weighted by molar-refractivity contribution is 5.72. The van der Waals surface area contributed by atoms with Crippen LogP contribution in [0, 0.1) is 0 Å². The van der Waals surface area contributed by atoms with Crippen molar-refractivity contribution in [1.29, 1.82) is 0 Å². The van der Waals surface area contributed by atoms with Gasteiger partial charge in [0.15, 0.2) is 0 Å². The molecule has 0 spiro atoms. The van der Waals surface area contributed by atoms with Crippen LogP contribution in [-0.4, -0.2) is 43.5 Å². The van der Waals surface area contributed by atoms with Gasteiger partial charge < -0.3 is 9.53 Å². The fourth-order valence-corrected chi connectivity index (χ4v) is 1.14. The Hall–Kier alpha value is -0.410. The summed E-state index contributed by atoms with van der Waals surface area (Å²) >= 11 is 0. The van der Waals surface area contributed by atoms with E-state index in [1.165, 1.54) is 26.8 Å². The number of nitrogens with zero attached hydrogens (tertiary/aromatic N) is 1. The summed E-state index contributed by atoms with van der Waals surface area (Å²) in [6.45, 7) is 10.6. The van der Waals surface area contributed by atoms with Crippen molar-refractivity contribution in [2.75, 3.05) is 32.8 Å². The molecule has 0 aromatic carbocycles. The van der Waals surface area contributed by atoms with E-state index < -0.39 is 0 Å². The topological polar surface area (TPSA) is 29.5 Å². The van der Waals surface area contributed by atoms with Gasteiger partial charge in [0.1, 0.15) is 5.78 Å². The highest BCUT2D eigenvalue weighted by atomic mass is 16.5. The number of carbonyl (C=O) groups excluding carboxylic acids is 1. The van der Waals surface area contributed by atoms with E-state index in [4.69, 9.17) is 4.74 Å². The Kier molecular flexibility index (Phi) is 7.94. The van der Waals surface area contributed by atoms with E-state index in [1.54, 1.807) is 0 Å². The normalized spacial score (nSPS) is 17.5. The van der Waals surface area contributed by atoms with Gasteiger partial charge in [-0.25, -0.2) is 0 Å². The van der Waals surface area contributed by atoms with Crippen LogP contribution in [0.2, 0.25) is 0 Å². The summed E-state index contributed by atoms with van der Waals surface area (Å²) in [5, 5.41) is 0. The summed E-state index contributed by atoms with van der Waals surface area (Å²) < 4.78 is 5.20. The first-order valence-corrected chi connectivity index (χ1v) is 4.94. The summed E-state index contributed by atoms with van der Waals surface area (Å²) in [5.41, 5.74) is 0. The number of rotatable bonds is 2. The van der Waals surface area contributed by atoms with Crippen molar-refractivity contribution in [1.82, 2.24) is 4.90 Å². The van der Waals surface area contributed by atoms with Crippen molar-refractivity contribution in [3.63, 3.8) is 0 Å². The molecule has 1 heterocycles. The van der Waals surface area contributed by atoms with Crippen LogP contribution >= 0.6 is 0 Å². The standard InChI is InChI=1S/C7H15NO.C3H6O/c1-2-3-8-4-6-9-7-5-8;1-3(2)4/h2-7H2,1H3;1-2H3. The molecule has 1 aliphatic rings. The Bertz CT molecular complexity index is 124. The lowest BCUT2D eigenvalue weighted by Crippen LogP contribution is -2.36. The van der Waals surface area contributed by atoms with Gasteiger partial charge in [0.2, 0.25) is 0 Å². The number of carbonyl (C=O) groups is 1. The quantitative estimate of drug-likeness (QED) is 0.653. The van der Waals surface area contributed by atoms with Gasteiger partial charge >= 0.3 is 0 Å². The molecule has 0 bridgehead atoms. The maximum absolute atomic E-state index is 9.44. The molecule has 78 valence electrons. The zero-order valence-corrected chi connectivity index (χ0v) is 9.01. The van der Waals surface area contributed by atoms with Crippen molar-refractivity contribution in [3.05, 3.63) is 0 Å². The van der Waals surface area contributed by atoms with E-state index in [-0.39, 0.29) is 5.78 Å². The summed E-state index contributed by atoms with van der Waals surface area (Å²) in [7, 11) is 0. The second-order valence-corrected chi connectivity index (χ2v) is 3.36. The molecule has 1 saturated heterocycles. The van der Waals surface area contributed by atoms with Gasteiger partial charge in [-0.05, 0) is 26.8 Å². The number of hydrogen-bond donors (Lipinski definition) is 0. The minimum absolute atomic E-state index is 0.167. The second-order valence-electron chi connectivity index (χ2n) is 3.36. The van der Waals surface area contributed by atoms with Crippen LogP contribution < -0.4 is 0 Å². The molecule has 0 radical (unpaired) electrons. The van der Waals surface area contributed by atoms with Gasteiger partial charge in [-0.3, -0.25) is 4.90 Å². The lowest BCUT2D eigenvalue weighted by molar-refractivity contribution is -0.114. The van der Waals surface area contributed by atoms with Crippen molar-refractivity contribution in [2.45, 2.75) is 27.2 Å². The average molecular weight is 187 g/mol. The van der Waals surface area contributed by atoms with Gasteiger partial charge in [-0.2, -0.15) is 0 Å². The first-order valence-electron chi connectivity index (χ1n) is 4.94. The molecule has 1 fully saturated rings. The lowest BCUT2D eigenvalue weighted by atomic mass is 10.4. The van der Waals surface area contributed by atoms with Crippen molar-refractivity contribution >= 4 is 5.78 Å². The third-order valence-corrected chi connectivity index (χ3v) is 1.64. The number of Topliss-reactive ketones (excluding diaryl/α,β-unsaturated/α-hetero) is 1. The summed E-state index contributed by atoms with van der Waals surface area (Å²) in [6, 6.07) is 0. The third kappa shape index (κ3) is 9.50. The highest BCUT2D eigenvalue weighted by Gasteiger charge is 2.07. The molecule has 0 saturated carbocycles. The van der Waals surface area contributed by atoms with E-state index in [0.717, 1.165) is 26.3 Å². The van der Waals surface area contributed by atoms with Crippen LogP contribution in [0.15, 0.2) is 0 Å². The maximum atomic E-state index is 9.44. The maximum Gasteiger partial charge on any atom is 0.126 e. The van der Waals surface area contributed by atoms with Crippen LogP contribution in [0.3, 0.4) is 0 Å². The molecule has 0 aromatic rings. The Labute approximate surface area is 81.1 Å². The minimum atomic E-state index is 0.167. The number of hydrogen-bond acceptors (Lipinski definition) is 3. The van der Waals surface area contributed by atoms with Crippen molar-refractivity contribution < 1.29 is 9.53 Å². The zero-order valence-electron chi connectivity index (χ0n) is 9.01. The first kappa shape index (κ1) is 12.6. The van der Waals surface area contributed by atoms with Gasteiger partial charge in [-0.1, -0.05) is 6.92 Å². The molecule has 0 aliphatic carbocycles. The molecule has 3 heteroatoms. The molecule has 0 atom stereocenters. The molecule has 0 unspecified atom stereocenters. The smallest absolute Gasteiger partial charge is 0.126 e.